The summed E-state index contributed by atoms with van der Waals surface area (Å²) in [5, 5.41) is 9.78. The van der Waals surface area contributed by atoms with E-state index in [0.717, 1.165) is 19.3 Å². The van der Waals surface area contributed by atoms with Gasteiger partial charge in [0, 0.05) is 10.6 Å². The van der Waals surface area contributed by atoms with Crippen LogP contribution in [-0.4, -0.2) is 22.9 Å². The molecular weight excluding hydrogens is 320 g/mol. The third-order valence-electron chi connectivity index (χ3n) is 4.89. The maximum absolute atomic E-state index is 12.3. The molecule has 2 fully saturated rings. The number of carbonyl (C=O) groups is 3. The molecule has 7 heteroatoms. The Morgan fingerprint density at radius 2 is 1.78 bits per heavy atom. The van der Waals surface area contributed by atoms with Gasteiger partial charge in [-0.1, -0.05) is 17.7 Å². The highest BCUT2D eigenvalue weighted by Gasteiger charge is 2.54. The zero-order valence-corrected chi connectivity index (χ0v) is 13.0. The van der Waals surface area contributed by atoms with Gasteiger partial charge in [-0.15, -0.1) is 0 Å². The van der Waals surface area contributed by atoms with E-state index in [9.17, 15) is 19.5 Å². The predicted octanol–water partition coefficient (Wildman–Crippen LogP) is 1.85. The first-order valence-corrected chi connectivity index (χ1v) is 7.93. The number of benzene rings is 1. The molecule has 122 valence electrons. The van der Waals surface area contributed by atoms with Crippen LogP contribution in [0.5, 0.6) is 0 Å². The van der Waals surface area contributed by atoms with Crippen LogP contribution in [0.25, 0.3) is 0 Å². The Morgan fingerprint density at radius 1 is 1.09 bits per heavy atom. The number of hydrazine groups is 1. The fourth-order valence-electron chi connectivity index (χ4n) is 3.93. The van der Waals surface area contributed by atoms with Gasteiger partial charge in [-0.3, -0.25) is 25.2 Å². The molecule has 6 nitrogen and oxygen atoms in total. The van der Waals surface area contributed by atoms with Crippen molar-refractivity contribution in [2.45, 2.75) is 19.3 Å². The molecule has 0 aliphatic heterocycles. The summed E-state index contributed by atoms with van der Waals surface area (Å²) in [7, 11) is 0. The van der Waals surface area contributed by atoms with Gasteiger partial charge in [-0.05, 0) is 49.3 Å². The highest BCUT2D eigenvalue weighted by atomic mass is 35.5. The van der Waals surface area contributed by atoms with Gasteiger partial charge in [0.15, 0.2) is 0 Å². The monoisotopic (exact) mass is 336 g/mol. The maximum atomic E-state index is 12.3. The summed E-state index contributed by atoms with van der Waals surface area (Å²) in [6.45, 7) is 0. The molecule has 2 bridgehead atoms. The molecule has 3 N–H and O–H groups in total. The predicted molar refractivity (Wildman–Crippen MR) is 82.5 cm³/mol. The smallest absolute Gasteiger partial charge is 0.307 e. The first-order valence-electron chi connectivity index (χ1n) is 7.56. The van der Waals surface area contributed by atoms with E-state index in [1.165, 1.54) is 6.07 Å². The van der Waals surface area contributed by atoms with Crippen molar-refractivity contribution in [1.82, 2.24) is 10.9 Å². The summed E-state index contributed by atoms with van der Waals surface area (Å²) in [6.07, 6.45) is 2.51. The van der Waals surface area contributed by atoms with Gasteiger partial charge in [0.2, 0.25) is 5.91 Å². The number of amides is 2. The molecule has 0 saturated heterocycles. The van der Waals surface area contributed by atoms with E-state index in [1.807, 2.05) is 0 Å². The minimum absolute atomic E-state index is 0.0666. The van der Waals surface area contributed by atoms with Gasteiger partial charge in [0.25, 0.3) is 5.91 Å². The number of hydrogen-bond donors (Lipinski definition) is 3. The summed E-state index contributed by atoms with van der Waals surface area (Å²) in [5.74, 6) is -2.93. The molecule has 2 amide bonds. The molecule has 2 aliphatic rings. The number of nitrogens with one attached hydrogen (secondary N) is 2. The van der Waals surface area contributed by atoms with Gasteiger partial charge in [0.1, 0.15) is 0 Å². The van der Waals surface area contributed by atoms with Crippen molar-refractivity contribution < 1.29 is 19.5 Å². The molecule has 0 radical (unpaired) electrons. The third kappa shape index (κ3) is 3.03. The Hall–Kier alpha value is -2.08. The second kappa shape index (κ2) is 6.20. The molecule has 2 saturated carbocycles. The summed E-state index contributed by atoms with van der Waals surface area (Å²) in [4.78, 5) is 35.7. The molecule has 0 aromatic heterocycles. The number of hydrogen-bond acceptors (Lipinski definition) is 3. The number of carbonyl (C=O) groups excluding carboxylic acids is 2. The molecular formula is C16H17ClN2O4. The summed E-state index contributed by atoms with van der Waals surface area (Å²) >= 11 is 5.82. The number of carboxylic acid groups (broad SMARTS) is 1. The number of halogens is 1. The van der Waals surface area contributed by atoms with Crippen LogP contribution in [0.4, 0.5) is 0 Å². The topological polar surface area (TPSA) is 95.5 Å². The van der Waals surface area contributed by atoms with Gasteiger partial charge >= 0.3 is 5.97 Å². The molecule has 1 aromatic carbocycles. The number of fused-ring (bicyclic) bond motifs is 2. The van der Waals surface area contributed by atoms with E-state index < -0.39 is 29.6 Å². The van der Waals surface area contributed by atoms with Gasteiger partial charge < -0.3 is 5.11 Å². The quantitative estimate of drug-likeness (QED) is 0.734. The Bertz CT molecular complexity index is 663. The van der Waals surface area contributed by atoms with Crippen LogP contribution in [0.15, 0.2) is 24.3 Å². The molecule has 0 unspecified atom stereocenters. The van der Waals surface area contributed by atoms with Crippen LogP contribution < -0.4 is 10.9 Å². The van der Waals surface area contributed by atoms with Crippen molar-refractivity contribution in [2.75, 3.05) is 0 Å². The zero-order valence-electron chi connectivity index (χ0n) is 12.3. The Labute approximate surface area is 138 Å². The Morgan fingerprint density at radius 3 is 2.43 bits per heavy atom. The fraction of sp³-hybridized carbons (Fsp3) is 0.438. The Kier molecular flexibility index (Phi) is 4.26. The largest absolute Gasteiger partial charge is 0.481 e. The second-order valence-electron chi connectivity index (χ2n) is 6.18. The van der Waals surface area contributed by atoms with Crippen LogP contribution in [0.2, 0.25) is 5.02 Å². The van der Waals surface area contributed by atoms with Crippen molar-refractivity contribution in [3.05, 3.63) is 34.9 Å². The standard InChI is InChI=1S/C16H17ClN2O4/c17-11-3-1-2-10(7-11)14(20)18-19-15(21)12-8-4-5-9(6-8)13(12)16(22)23/h1-3,7-9,12-13H,4-6H2,(H,18,20)(H,19,21)(H,22,23)/t8-,9-,12-,13-/m0/s1. The lowest BCUT2D eigenvalue weighted by Gasteiger charge is -2.26. The maximum Gasteiger partial charge on any atom is 0.307 e. The SMILES string of the molecule is O=C(NNC(=O)[C@H]1[C@H]2CC[C@@H](C2)[C@@H]1C(=O)O)c1cccc(Cl)c1. The average Bonchev–Trinajstić information content (AvgIpc) is 3.13. The minimum atomic E-state index is -0.932. The normalized spacial score (nSPS) is 28.4. The highest BCUT2D eigenvalue weighted by molar-refractivity contribution is 6.30. The van der Waals surface area contributed by atoms with E-state index in [4.69, 9.17) is 11.6 Å². The molecule has 23 heavy (non-hydrogen) atoms. The van der Waals surface area contributed by atoms with Gasteiger partial charge in [-0.25, -0.2) is 0 Å². The lowest BCUT2D eigenvalue weighted by Crippen LogP contribution is -2.48. The van der Waals surface area contributed by atoms with E-state index >= 15 is 0 Å². The second-order valence-corrected chi connectivity index (χ2v) is 6.61. The van der Waals surface area contributed by atoms with E-state index in [1.54, 1.807) is 18.2 Å². The summed E-state index contributed by atoms with van der Waals surface area (Å²) in [5.41, 5.74) is 5.02. The highest BCUT2D eigenvalue weighted by Crippen LogP contribution is 2.52. The van der Waals surface area contributed by atoms with Gasteiger partial charge in [-0.2, -0.15) is 0 Å². The molecule has 4 atom stereocenters. The van der Waals surface area contributed by atoms with E-state index in [-0.39, 0.29) is 11.8 Å². The first-order chi connectivity index (χ1) is 11.0. The van der Waals surface area contributed by atoms with E-state index in [2.05, 4.69) is 10.9 Å². The van der Waals surface area contributed by atoms with Crippen LogP contribution in [-0.2, 0) is 9.59 Å². The van der Waals surface area contributed by atoms with Crippen molar-refractivity contribution in [3.63, 3.8) is 0 Å². The minimum Gasteiger partial charge on any atom is -0.481 e. The molecule has 2 aliphatic carbocycles. The lowest BCUT2D eigenvalue weighted by molar-refractivity contribution is -0.149. The van der Waals surface area contributed by atoms with E-state index in [0.29, 0.717) is 10.6 Å². The molecule has 0 heterocycles. The van der Waals surface area contributed by atoms with Crippen molar-refractivity contribution >= 4 is 29.4 Å². The van der Waals surface area contributed by atoms with Crippen LogP contribution >= 0.6 is 11.6 Å². The molecule has 0 spiro atoms. The number of rotatable bonds is 3. The van der Waals surface area contributed by atoms with Crippen LogP contribution in [0.1, 0.15) is 29.6 Å². The van der Waals surface area contributed by atoms with Crippen LogP contribution in [0.3, 0.4) is 0 Å². The number of carboxylic acids is 1. The van der Waals surface area contributed by atoms with Gasteiger partial charge in [0.05, 0.1) is 11.8 Å². The molecule has 1 aromatic rings. The summed E-state index contributed by atoms with van der Waals surface area (Å²) in [6, 6.07) is 6.34. The van der Waals surface area contributed by atoms with Crippen LogP contribution in [0, 0.1) is 23.7 Å². The summed E-state index contributed by atoms with van der Waals surface area (Å²) < 4.78 is 0. The molecule has 3 rings (SSSR count). The van der Waals surface area contributed by atoms with Crippen molar-refractivity contribution in [1.29, 1.82) is 0 Å². The fourth-order valence-corrected chi connectivity index (χ4v) is 4.12. The average molecular weight is 337 g/mol. The lowest BCUT2D eigenvalue weighted by atomic mass is 9.79. The number of aliphatic carboxylic acids is 1. The zero-order chi connectivity index (χ0) is 16.6. The Balaban J connectivity index is 1.63. The van der Waals surface area contributed by atoms with Crippen molar-refractivity contribution in [2.24, 2.45) is 23.7 Å². The van der Waals surface area contributed by atoms with Crippen molar-refractivity contribution in [3.8, 4) is 0 Å². The third-order valence-corrected chi connectivity index (χ3v) is 5.13. The first kappa shape index (κ1) is 15.8.